The highest BCUT2D eigenvalue weighted by atomic mass is 79.9. The number of hydrogen-bond acceptors (Lipinski definition) is 7. The summed E-state index contributed by atoms with van der Waals surface area (Å²) < 4.78 is 6.65. The number of carbonyl (C=O) groups is 1. The Kier molecular flexibility index (Phi) is 7.82. The Morgan fingerprint density at radius 2 is 2.23 bits per heavy atom. The molecule has 0 aliphatic heterocycles. The van der Waals surface area contributed by atoms with E-state index in [1.54, 1.807) is 6.92 Å². The Morgan fingerprint density at radius 1 is 1.53 bits per heavy atom. The quantitative estimate of drug-likeness (QED) is 0.355. The minimum Gasteiger partial charge on any atom is -0.380 e. The predicted octanol–water partition coefficient (Wildman–Crippen LogP) is 2.65. The van der Waals surface area contributed by atoms with Gasteiger partial charge in [0.25, 0.3) is 17.2 Å². The van der Waals surface area contributed by atoms with Crippen molar-refractivity contribution in [2.75, 3.05) is 7.11 Å². The van der Waals surface area contributed by atoms with Crippen LogP contribution in [0.1, 0.15) is 22.4 Å². The van der Waals surface area contributed by atoms with E-state index in [1.165, 1.54) is 25.3 Å². The van der Waals surface area contributed by atoms with Gasteiger partial charge in [0.2, 0.25) is 0 Å². The Labute approximate surface area is 184 Å². The van der Waals surface area contributed by atoms with Gasteiger partial charge in [-0.2, -0.15) is 10.4 Å². The van der Waals surface area contributed by atoms with E-state index in [0.29, 0.717) is 15.7 Å². The molecule has 156 valence electrons. The van der Waals surface area contributed by atoms with Crippen LogP contribution >= 0.6 is 27.5 Å². The molecule has 1 amide bonds. The fourth-order valence-corrected chi connectivity index (χ4v) is 3.24. The summed E-state index contributed by atoms with van der Waals surface area (Å²) in [5.41, 5.74) is 2.35. The van der Waals surface area contributed by atoms with Gasteiger partial charge in [0.15, 0.2) is 0 Å². The fourth-order valence-electron chi connectivity index (χ4n) is 2.54. The van der Waals surface area contributed by atoms with E-state index in [2.05, 4.69) is 26.5 Å². The third kappa shape index (κ3) is 5.10. The number of nitro benzene ring substituents is 1. The number of non-ortho nitro benzene ring substituents is 1. The number of nitrogens with one attached hydrogen (secondary N) is 1. The average molecular weight is 497 g/mol. The zero-order chi connectivity index (χ0) is 22.4. The smallest absolute Gasteiger partial charge is 0.270 e. The van der Waals surface area contributed by atoms with Gasteiger partial charge >= 0.3 is 0 Å². The van der Waals surface area contributed by atoms with Crippen LogP contribution in [0.3, 0.4) is 0 Å². The molecule has 2 aromatic rings. The van der Waals surface area contributed by atoms with E-state index in [9.17, 15) is 25.0 Å². The van der Waals surface area contributed by atoms with Crippen molar-refractivity contribution in [3.05, 3.63) is 70.5 Å². The van der Waals surface area contributed by atoms with Crippen LogP contribution in [-0.2, 0) is 22.7 Å². The lowest BCUT2D eigenvalue weighted by atomic mass is 10.1. The molecule has 1 aromatic heterocycles. The van der Waals surface area contributed by atoms with Crippen LogP contribution in [0, 0.1) is 28.4 Å². The van der Waals surface area contributed by atoms with Crippen molar-refractivity contribution in [2.45, 2.75) is 20.1 Å². The summed E-state index contributed by atoms with van der Waals surface area (Å²) in [7, 11) is 1.44. The topological polar surface area (TPSA) is 140 Å². The van der Waals surface area contributed by atoms with Crippen LogP contribution in [0.15, 0.2) is 32.6 Å². The number of halogens is 2. The number of rotatable bonds is 7. The van der Waals surface area contributed by atoms with Gasteiger partial charge in [-0.25, -0.2) is 5.43 Å². The second-order valence-corrected chi connectivity index (χ2v) is 7.15. The number of aromatic nitrogens is 1. The molecule has 2 rings (SSSR count). The van der Waals surface area contributed by atoms with Crippen LogP contribution < -0.4 is 11.0 Å². The molecule has 0 aliphatic carbocycles. The Morgan fingerprint density at radius 3 is 2.83 bits per heavy atom. The minimum absolute atomic E-state index is 0.0564. The SMILES string of the molecule is COCc1c(Br)c(C)n(CC(=O)NN=Cc2cc([N+](=O)[O-])ccc2Cl)c(=O)c1C#N. The zero-order valence-electron chi connectivity index (χ0n) is 15.8. The number of hydrogen-bond donors (Lipinski definition) is 1. The third-order valence-corrected chi connectivity index (χ3v) is 5.43. The van der Waals surface area contributed by atoms with Crippen molar-refractivity contribution < 1.29 is 14.5 Å². The molecule has 10 nitrogen and oxygen atoms in total. The van der Waals surface area contributed by atoms with Gasteiger partial charge in [0, 0.05) is 45.6 Å². The molecule has 0 saturated carbocycles. The van der Waals surface area contributed by atoms with Gasteiger partial charge in [-0.05, 0) is 28.9 Å². The van der Waals surface area contributed by atoms with Gasteiger partial charge in [0.05, 0.1) is 17.7 Å². The lowest BCUT2D eigenvalue weighted by molar-refractivity contribution is -0.384. The summed E-state index contributed by atoms with van der Waals surface area (Å²) >= 11 is 9.30. The van der Waals surface area contributed by atoms with E-state index in [-0.39, 0.29) is 28.4 Å². The van der Waals surface area contributed by atoms with Crippen LogP contribution in [0.25, 0.3) is 0 Å². The van der Waals surface area contributed by atoms with Gasteiger partial charge in [-0.1, -0.05) is 11.6 Å². The van der Waals surface area contributed by atoms with E-state index >= 15 is 0 Å². The average Bonchev–Trinajstić information content (AvgIpc) is 2.71. The lowest BCUT2D eigenvalue weighted by Crippen LogP contribution is -2.33. The minimum atomic E-state index is -0.645. The van der Waals surface area contributed by atoms with Crippen molar-refractivity contribution in [1.82, 2.24) is 9.99 Å². The van der Waals surface area contributed by atoms with Crippen molar-refractivity contribution in [3.8, 4) is 6.07 Å². The van der Waals surface area contributed by atoms with E-state index in [1.807, 2.05) is 6.07 Å². The molecule has 1 heterocycles. The number of hydrazone groups is 1. The number of nitrogens with zero attached hydrogens (tertiary/aromatic N) is 4. The third-order valence-electron chi connectivity index (χ3n) is 4.03. The molecule has 0 unspecified atom stereocenters. The normalized spacial score (nSPS) is 10.8. The molecule has 1 N–H and O–H groups in total. The molecular weight excluding hydrogens is 482 g/mol. The number of pyridine rings is 1. The molecular formula is C18H15BrClN5O5. The van der Waals surface area contributed by atoms with Crippen molar-refractivity contribution >= 4 is 45.3 Å². The molecule has 0 aliphatic rings. The summed E-state index contributed by atoms with van der Waals surface area (Å²) in [5.74, 6) is -0.645. The second kappa shape index (κ2) is 10.1. The molecule has 30 heavy (non-hydrogen) atoms. The molecule has 0 atom stereocenters. The number of methoxy groups -OCH3 is 1. The number of nitriles is 1. The van der Waals surface area contributed by atoms with Crippen molar-refractivity contribution in [3.63, 3.8) is 0 Å². The maximum absolute atomic E-state index is 12.6. The van der Waals surface area contributed by atoms with Gasteiger partial charge in [0.1, 0.15) is 18.2 Å². The first-order valence-electron chi connectivity index (χ1n) is 8.27. The first-order chi connectivity index (χ1) is 14.2. The molecule has 1 aromatic carbocycles. The number of amides is 1. The van der Waals surface area contributed by atoms with E-state index in [0.717, 1.165) is 10.8 Å². The first kappa shape index (κ1) is 23.2. The second-order valence-electron chi connectivity index (χ2n) is 5.95. The highest BCUT2D eigenvalue weighted by Gasteiger charge is 2.19. The van der Waals surface area contributed by atoms with Crippen molar-refractivity contribution in [1.29, 1.82) is 5.26 Å². The molecule has 0 saturated heterocycles. The summed E-state index contributed by atoms with van der Waals surface area (Å²) in [4.78, 5) is 35.1. The summed E-state index contributed by atoms with van der Waals surface area (Å²) in [6, 6.07) is 5.63. The molecule has 12 heteroatoms. The monoisotopic (exact) mass is 495 g/mol. The maximum atomic E-state index is 12.6. The molecule has 0 bridgehead atoms. The lowest BCUT2D eigenvalue weighted by Gasteiger charge is -2.15. The van der Waals surface area contributed by atoms with Crippen molar-refractivity contribution in [2.24, 2.45) is 5.10 Å². The Balaban J connectivity index is 2.24. The fraction of sp³-hybridized carbons (Fsp3) is 0.222. The Hall–Kier alpha value is -3.07. The highest BCUT2D eigenvalue weighted by molar-refractivity contribution is 9.10. The van der Waals surface area contributed by atoms with Gasteiger partial charge in [-0.3, -0.25) is 19.7 Å². The largest absolute Gasteiger partial charge is 0.380 e. The predicted molar refractivity (Wildman–Crippen MR) is 112 cm³/mol. The highest BCUT2D eigenvalue weighted by Crippen LogP contribution is 2.23. The molecule has 0 fully saturated rings. The summed E-state index contributed by atoms with van der Waals surface area (Å²) in [5, 5.41) is 24.1. The van der Waals surface area contributed by atoms with E-state index < -0.39 is 22.9 Å². The molecule has 0 spiro atoms. The summed E-state index contributed by atoms with van der Waals surface area (Å²) in [6.07, 6.45) is 1.15. The maximum Gasteiger partial charge on any atom is 0.270 e. The molecule has 0 radical (unpaired) electrons. The van der Waals surface area contributed by atoms with Gasteiger partial charge in [-0.15, -0.1) is 0 Å². The standard InChI is InChI=1S/C18H15BrClN5O5/c1-10-17(19)14(9-30-2)13(6-21)18(27)24(10)8-16(26)23-22-7-11-5-12(25(28)29)3-4-15(11)20/h3-5,7H,8-9H2,1-2H3,(H,23,26). The van der Waals surface area contributed by atoms with Crippen LogP contribution in [0.2, 0.25) is 5.02 Å². The van der Waals surface area contributed by atoms with Gasteiger partial charge < -0.3 is 9.30 Å². The van der Waals surface area contributed by atoms with Crippen LogP contribution in [-0.4, -0.2) is 28.7 Å². The number of carbonyl (C=O) groups excluding carboxylic acids is 1. The van der Waals surface area contributed by atoms with Crippen LogP contribution in [0.5, 0.6) is 0 Å². The Bertz CT molecular complexity index is 1140. The zero-order valence-corrected chi connectivity index (χ0v) is 18.2. The first-order valence-corrected chi connectivity index (χ1v) is 9.45. The van der Waals surface area contributed by atoms with Crippen LogP contribution in [0.4, 0.5) is 5.69 Å². The van der Waals surface area contributed by atoms with E-state index in [4.69, 9.17) is 16.3 Å². The number of ether oxygens (including phenoxy) is 1. The number of benzene rings is 1. The summed E-state index contributed by atoms with van der Waals surface area (Å²) in [6.45, 7) is 1.28. The number of nitro groups is 1.